The minimum Gasteiger partial charge on any atom is -0.382 e. The molecule has 2 heterocycles. The highest BCUT2D eigenvalue weighted by atomic mass is 35.5. The number of ether oxygens (including phenoxy) is 2. The van der Waals surface area contributed by atoms with Crippen LogP contribution in [0.3, 0.4) is 0 Å². The van der Waals surface area contributed by atoms with Gasteiger partial charge in [-0.3, -0.25) is 4.79 Å². The van der Waals surface area contributed by atoms with Crippen molar-refractivity contribution in [1.29, 1.82) is 0 Å². The summed E-state index contributed by atoms with van der Waals surface area (Å²) in [6.07, 6.45) is 1.35. The summed E-state index contributed by atoms with van der Waals surface area (Å²) in [5.41, 5.74) is -0.00736. The topological polar surface area (TPSA) is 51.7 Å². The maximum Gasteiger partial charge on any atom is 0.272 e. The summed E-state index contributed by atoms with van der Waals surface area (Å²) in [6, 6.07) is 3.30. The van der Waals surface area contributed by atoms with Gasteiger partial charge in [0.2, 0.25) is 0 Å². The van der Waals surface area contributed by atoms with Gasteiger partial charge in [-0.2, -0.15) is 0 Å². The number of carbonyl (C=O) groups excluding carboxylic acids is 1. The Morgan fingerprint density at radius 2 is 2.35 bits per heavy atom. The number of halogens is 1. The van der Waals surface area contributed by atoms with E-state index in [0.717, 1.165) is 0 Å². The molecular weight excluding hydrogens is 280 g/mol. The lowest BCUT2D eigenvalue weighted by molar-refractivity contribution is -0.143. The smallest absolute Gasteiger partial charge is 0.272 e. The predicted molar refractivity (Wildman–Crippen MR) is 76.0 cm³/mol. The molecule has 0 saturated carbocycles. The van der Waals surface area contributed by atoms with Gasteiger partial charge < -0.3 is 14.4 Å². The number of hydrogen-bond donors (Lipinski definition) is 0. The van der Waals surface area contributed by atoms with Crippen LogP contribution in [0.2, 0.25) is 5.02 Å². The van der Waals surface area contributed by atoms with Crippen LogP contribution in [0.1, 0.15) is 24.3 Å². The third-order valence-corrected chi connectivity index (χ3v) is 3.29. The van der Waals surface area contributed by atoms with Gasteiger partial charge in [0.15, 0.2) is 0 Å². The molecule has 20 heavy (non-hydrogen) atoms. The first-order chi connectivity index (χ1) is 9.41. The third kappa shape index (κ3) is 3.69. The molecule has 6 heteroatoms. The second-order valence-corrected chi connectivity index (χ2v) is 5.94. The van der Waals surface area contributed by atoms with Crippen molar-refractivity contribution in [2.45, 2.75) is 25.6 Å². The van der Waals surface area contributed by atoms with E-state index in [1.54, 1.807) is 24.1 Å². The molecule has 0 bridgehead atoms. The maximum atomic E-state index is 12.5. The molecule has 1 aromatic rings. The van der Waals surface area contributed by atoms with Crippen LogP contribution >= 0.6 is 11.6 Å². The zero-order valence-corrected chi connectivity index (χ0v) is 12.7. The normalized spacial score (nSPS) is 21.8. The van der Waals surface area contributed by atoms with Crippen molar-refractivity contribution in [3.8, 4) is 0 Å². The number of amides is 1. The van der Waals surface area contributed by atoms with Gasteiger partial charge in [-0.25, -0.2) is 4.98 Å². The molecule has 1 unspecified atom stereocenters. The summed E-state index contributed by atoms with van der Waals surface area (Å²) < 4.78 is 11.0. The molecule has 1 amide bonds. The van der Waals surface area contributed by atoms with Crippen LogP contribution in [0.25, 0.3) is 0 Å². The van der Waals surface area contributed by atoms with Crippen molar-refractivity contribution < 1.29 is 14.3 Å². The molecule has 1 fully saturated rings. The van der Waals surface area contributed by atoms with E-state index >= 15 is 0 Å². The van der Waals surface area contributed by atoms with Crippen LogP contribution in [-0.2, 0) is 9.47 Å². The summed E-state index contributed by atoms with van der Waals surface area (Å²) >= 11 is 5.79. The van der Waals surface area contributed by atoms with Gasteiger partial charge in [0, 0.05) is 26.4 Å². The first-order valence-corrected chi connectivity index (χ1v) is 6.87. The summed E-state index contributed by atoms with van der Waals surface area (Å²) in [5.74, 6) is -0.112. The third-order valence-electron chi connectivity index (χ3n) is 3.07. The van der Waals surface area contributed by atoms with Crippen LogP contribution in [0.4, 0.5) is 0 Å². The number of rotatable bonds is 3. The highest BCUT2D eigenvalue weighted by molar-refractivity contribution is 6.30. The lowest BCUT2D eigenvalue weighted by Crippen LogP contribution is -2.55. The number of methoxy groups -OCH3 is 1. The summed E-state index contributed by atoms with van der Waals surface area (Å²) in [6.45, 7) is 5.41. The number of morpholine rings is 1. The van der Waals surface area contributed by atoms with E-state index in [1.807, 2.05) is 13.8 Å². The van der Waals surface area contributed by atoms with E-state index in [4.69, 9.17) is 21.1 Å². The van der Waals surface area contributed by atoms with Crippen molar-refractivity contribution >= 4 is 17.5 Å². The van der Waals surface area contributed by atoms with Crippen LogP contribution in [0.15, 0.2) is 18.3 Å². The molecule has 0 N–H and O–H groups in total. The molecule has 1 aliphatic rings. The Morgan fingerprint density at radius 3 is 2.95 bits per heavy atom. The Hall–Kier alpha value is -1.17. The molecule has 0 aliphatic carbocycles. The van der Waals surface area contributed by atoms with Gasteiger partial charge in [0.25, 0.3) is 5.91 Å². The van der Waals surface area contributed by atoms with E-state index in [0.29, 0.717) is 30.4 Å². The fourth-order valence-electron chi connectivity index (χ4n) is 2.39. The van der Waals surface area contributed by atoms with Gasteiger partial charge in [0.1, 0.15) is 5.69 Å². The molecule has 1 aromatic heterocycles. The van der Waals surface area contributed by atoms with Gasteiger partial charge in [0.05, 0.1) is 23.3 Å². The monoisotopic (exact) mass is 298 g/mol. The summed E-state index contributed by atoms with van der Waals surface area (Å²) in [5, 5.41) is 0.515. The zero-order chi connectivity index (χ0) is 14.8. The van der Waals surface area contributed by atoms with Crippen LogP contribution in [0, 0.1) is 0 Å². The van der Waals surface area contributed by atoms with Crippen molar-refractivity contribution in [2.75, 3.05) is 26.8 Å². The average Bonchev–Trinajstić information content (AvgIpc) is 2.37. The minimum atomic E-state index is -0.399. The van der Waals surface area contributed by atoms with Crippen LogP contribution in [0.5, 0.6) is 0 Å². The zero-order valence-electron chi connectivity index (χ0n) is 11.9. The number of aromatic nitrogens is 1. The molecule has 1 atom stereocenters. The van der Waals surface area contributed by atoms with Crippen LogP contribution < -0.4 is 0 Å². The number of carbonyl (C=O) groups is 1. The maximum absolute atomic E-state index is 12.5. The van der Waals surface area contributed by atoms with Crippen molar-refractivity contribution in [1.82, 2.24) is 9.88 Å². The second-order valence-electron chi connectivity index (χ2n) is 5.50. The first-order valence-electron chi connectivity index (χ1n) is 6.49. The Labute approximate surface area is 123 Å². The van der Waals surface area contributed by atoms with Crippen molar-refractivity contribution in [3.63, 3.8) is 0 Å². The van der Waals surface area contributed by atoms with Crippen LogP contribution in [-0.4, -0.2) is 54.3 Å². The van der Waals surface area contributed by atoms with E-state index in [1.165, 1.54) is 6.20 Å². The Morgan fingerprint density at radius 1 is 1.60 bits per heavy atom. The Bertz CT molecular complexity index is 476. The average molecular weight is 299 g/mol. The van der Waals surface area contributed by atoms with E-state index < -0.39 is 5.60 Å². The van der Waals surface area contributed by atoms with Crippen molar-refractivity contribution in [3.05, 3.63) is 29.0 Å². The number of pyridine rings is 1. The molecule has 1 saturated heterocycles. The quantitative estimate of drug-likeness (QED) is 0.856. The second kappa shape index (κ2) is 6.08. The fraction of sp³-hybridized carbons (Fsp3) is 0.571. The standard InChI is InChI=1S/C14H19ClN2O3/c1-14(2)9-17(7-11(20-14)8-19-3)13(18)12-5-4-10(15)6-16-12/h4-6,11H,7-9H2,1-3H3. The van der Waals surface area contributed by atoms with Gasteiger partial charge in [-0.1, -0.05) is 11.6 Å². The highest BCUT2D eigenvalue weighted by Gasteiger charge is 2.36. The van der Waals surface area contributed by atoms with E-state index in [9.17, 15) is 4.79 Å². The molecule has 0 spiro atoms. The van der Waals surface area contributed by atoms with Gasteiger partial charge >= 0.3 is 0 Å². The first kappa shape index (κ1) is 15.2. The molecule has 0 aromatic carbocycles. The van der Waals surface area contributed by atoms with Gasteiger partial charge in [-0.05, 0) is 26.0 Å². The predicted octanol–water partition coefficient (Wildman–Crippen LogP) is 2.00. The molecule has 5 nitrogen and oxygen atoms in total. The minimum absolute atomic E-state index is 0.112. The highest BCUT2D eigenvalue weighted by Crippen LogP contribution is 2.22. The molecule has 0 radical (unpaired) electrons. The largest absolute Gasteiger partial charge is 0.382 e. The number of hydrogen-bond acceptors (Lipinski definition) is 4. The molecule has 1 aliphatic heterocycles. The SMILES string of the molecule is COCC1CN(C(=O)c2ccc(Cl)cn2)CC(C)(C)O1. The van der Waals surface area contributed by atoms with Crippen molar-refractivity contribution in [2.24, 2.45) is 0 Å². The number of nitrogens with zero attached hydrogens (tertiary/aromatic N) is 2. The Balaban J connectivity index is 2.13. The Kier molecular flexibility index (Phi) is 4.62. The lowest BCUT2D eigenvalue weighted by Gasteiger charge is -2.42. The molecule has 110 valence electrons. The van der Waals surface area contributed by atoms with E-state index in [-0.39, 0.29) is 12.0 Å². The van der Waals surface area contributed by atoms with Gasteiger partial charge in [-0.15, -0.1) is 0 Å². The van der Waals surface area contributed by atoms with E-state index in [2.05, 4.69) is 4.98 Å². The summed E-state index contributed by atoms with van der Waals surface area (Å²) in [7, 11) is 1.62. The molecular formula is C14H19ClN2O3. The fourth-order valence-corrected chi connectivity index (χ4v) is 2.50. The summed E-state index contributed by atoms with van der Waals surface area (Å²) in [4.78, 5) is 18.3. The molecule has 2 rings (SSSR count). The lowest BCUT2D eigenvalue weighted by atomic mass is 10.0.